The molecular weight excluding hydrogens is 387 g/mol. The van der Waals surface area contributed by atoms with Gasteiger partial charge in [-0.1, -0.05) is 40.9 Å². The number of sulfonamides is 1. The summed E-state index contributed by atoms with van der Waals surface area (Å²) >= 11 is 11.7. The molecule has 0 amide bonds. The van der Waals surface area contributed by atoms with Crippen molar-refractivity contribution in [1.29, 1.82) is 0 Å². The van der Waals surface area contributed by atoms with Crippen LogP contribution in [0.4, 0.5) is 0 Å². The van der Waals surface area contributed by atoms with Crippen LogP contribution in [0.2, 0.25) is 10.2 Å². The molecule has 0 fully saturated rings. The lowest BCUT2D eigenvalue weighted by Gasteiger charge is -2.14. The number of hydrogen-bond acceptors (Lipinski definition) is 5. The highest BCUT2D eigenvalue weighted by atomic mass is 35.5. The third-order valence-corrected chi connectivity index (χ3v) is 5.36. The molecule has 0 radical (unpaired) electrons. The number of ether oxygens (including phenoxy) is 1. The molecule has 1 heterocycles. The van der Waals surface area contributed by atoms with Crippen LogP contribution in [-0.4, -0.2) is 25.4 Å². The second kappa shape index (κ2) is 8.14. The van der Waals surface area contributed by atoms with E-state index < -0.39 is 22.0 Å². The molecule has 0 aliphatic rings. The van der Waals surface area contributed by atoms with Crippen LogP contribution in [0.5, 0.6) is 0 Å². The SMILES string of the molecule is Cc1ccc(S(=O)(=O)NC(C)C(=O)OCc2nc(Cl)ccc2Cl)cc1. The van der Waals surface area contributed by atoms with Gasteiger partial charge in [-0.05, 0) is 38.1 Å². The fourth-order valence-electron chi connectivity index (χ4n) is 1.89. The number of rotatable bonds is 6. The van der Waals surface area contributed by atoms with Crippen molar-refractivity contribution in [3.63, 3.8) is 0 Å². The first-order valence-corrected chi connectivity index (χ1v) is 9.49. The van der Waals surface area contributed by atoms with Crippen molar-refractivity contribution in [2.24, 2.45) is 0 Å². The van der Waals surface area contributed by atoms with Crippen LogP contribution in [0.25, 0.3) is 0 Å². The summed E-state index contributed by atoms with van der Waals surface area (Å²) in [6.07, 6.45) is 0. The maximum absolute atomic E-state index is 12.3. The van der Waals surface area contributed by atoms with Crippen molar-refractivity contribution < 1.29 is 17.9 Å². The first-order valence-electron chi connectivity index (χ1n) is 7.25. The molecule has 25 heavy (non-hydrogen) atoms. The molecule has 0 spiro atoms. The van der Waals surface area contributed by atoms with E-state index in [4.69, 9.17) is 27.9 Å². The zero-order valence-electron chi connectivity index (χ0n) is 13.5. The quantitative estimate of drug-likeness (QED) is 0.592. The van der Waals surface area contributed by atoms with Gasteiger partial charge in [-0.2, -0.15) is 4.72 Å². The molecule has 1 aromatic carbocycles. The lowest BCUT2D eigenvalue weighted by Crippen LogP contribution is -2.39. The van der Waals surface area contributed by atoms with Crippen molar-refractivity contribution >= 4 is 39.2 Å². The highest BCUT2D eigenvalue weighted by Gasteiger charge is 2.23. The number of hydrogen-bond donors (Lipinski definition) is 1. The largest absolute Gasteiger partial charge is 0.458 e. The third-order valence-electron chi connectivity index (χ3n) is 3.25. The first-order chi connectivity index (χ1) is 11.7. The van der Waals surface area contributed by atoms with Gasteiger partial charge in [0.15, 0.2) is 0 Å². The normalized spacial score (nSPS) is 12.6. The molecule has 134 valence electrons. The topological polar surface area (TPSA) is 85.4 Å². The summed E-state index contributed by atoms with van der Waals surface area (Å²) in [5.41, 5.74) is 1.22. The fourth-order valence-corrected chi connectivity index (χ4v) is 3.41. The van der Waals surface area contributed by atoms with E-state index in [9.17, 15) is 13.2 Å². The van der Waals surface area contributed by atoms with E-state index in [2.05, 4.69) is 9.71 Å². The number of nitrogens with zero attached hydrogens (tertiary/aromatic N) is 1. The molecule has 0 saturated carbocycles. The van der Waals surface area contributed by atoms with Gasteiger partial charge in [-0.15, -0.1) is 0 Å². The van der Waals surface area contributed by atoms with Crippen LogP contribution in [0.3, 0.4) is 0 Å². The van der Waals surface area contributed by atoms with Gasteiger partial charge in [-0.25, -0.2) is 13.4 Å². The van der Waals surface area contributed by atoms with Gasteiger partial charge in [0.05, 0.1) is 15.6 Å². The van der Waals surface area contributed by atoms with Gasteiger partial charge in [0.2, 0.25) is 10.0 Å². The van der Waals surface area contributed by atoms with Gasteiger partial charge in [0.1, 0.15) is 17.8 Å². The van der Waals surface area contributed by atoms with Gasteiger partial charge >= 0.3 is 5.97 Å². The number of pyridine rings is 1. The average Bonchev–Trinajstić information content (AvgIpc) is 2.55. The molecular formula is C16H16Cl2N2O4S. The van der Waals surface area contributed by atoms with Crippen LogP contribution in [0.1, 0.15) is 18.2 Å². The molecule has 1 aromatic heterocycles. The molecule has 0 aliphatic heterocycles. The van der Waals surface area contributed by atoms with Crippen molar-refractivity contribution in [2.45, 2.75) is 31.4 Å². The summed E-state index contributed by atoms with van der Waals surface area (Å²) in [6, 6.07) is 8.23. The Labute approximate surface area is 156 Å². The summed E-state index contributed by atoms with van der Waals surface area (Å²) in [6.45, 7) is 3.02. The van der Waals surface area contributed by atoms with Crippen molar-refractivity contribution in [1.82, 2.24) is 9.71 Å². The summed E-state index contributed by atoms with van der Waals surface area (Å²) in [5.74, 6) is -0.756. The zero-order valence-corrected chi connectivity index (χ0v) is 15.8. The van der Waals surface area contributed by atoms with E-state index in [1.54, 1.807) is 12.1 Å². The van der Waals surface area contributed by atoms with Crippen LogP contribution in [-0.2, 0) is 26.2 Å². The Balaban J connectivity index is 2.00. The summed E-state index contributed by atoms with van der Waals surface area (Å²) in [7, 11) is -3.83. The number of benzene rings is 1. The van der Waals surface area contributed by atoms with Crippen LogP contribution >= 0.6 is 23.2 Å². The minimum absolute atomic E-state index is 0.0669. The molecule has 0 saturated heterocycles. The molecule has 6 nitrogen and oxygen atoms in total. The van der Waals surface area contributed by atoms with Crippen LogP contribution in [0, 0.1) is 6.92 Å². The highest BCUT2D eigenvalue weighted by Crippen LogP contribution is 2.18. The number of halogens is 2. The number of carbonyl (C=O) groups is 1. The lowest BCUT2D eigenvalue weighted by molar-refractivity contribution is -0.146. The average molecular weight is 403 g/mol. The second-order valence-corrected chi connectivity index (χ2v) is 7.83. The smallest absolute Gasteiger partial charge is 0.324 e. The maximum atomic E-state index is 12.3. The van der Waals surface area contributed by atoms with E-state index >= 15 is 0 Å². The maximum Gasteiger partial charge on any atom is 0.324 e. The summed E-state index contributed by atoms with van der Waals surface area (Å²) < 4.78 is 31.9. The Morgan fingerprint density at radius 3 is 2.48 bits per heavy atom. The minimum Gasteiger partial charge on any atom is -0.458 e. The summed E-state index contributed by atoms with van der Waals surface area (Å²) in [4.78, 5) is 16.0. The Bertz CT molecular complexity index is 870. The number of aromatic nitrogens is 1. The number of nitrogens with one attached hydrogen (secondary N) is 1. The van der Waals surface area contributed by atoms with Crippen LogP contribution < -0.4 is 4.72 Å². The third kappa shape index (κ3) is 5.40. The van der Waals surface area contributed by atoms with E-state index in [1.807, 2.05) is 6.92 Å². The fraction of sp³-hybridized carbons (Fsp3) is 0.250. The predicted molar refractivity (Wildman–Crippen MR) is 95.0 cm³/mol. The minimum atomic E-state index is -3.83. The van der Waals surface area contributed by atoms with E-state index in [0.29, 0.717) is 5.02 Å². The molecule has 9 heteroatoms. The molecule has 1 unspecified atom stereocenters. The Morgan fingerprint density at radius 1 is 1.20 bits per heavy atom. The standard InChI is InChI=1S/C16H16Cl2N2O4S/c1-10-3-5-12(6-4-10)25(22,23)20-11(2)16(21)24-9-14-13(17)7-8-15(18)19-14/h3-8,11,20H,9H2,1-2H3. The number of esters is 1. The van der Waals surface area contributed by atoms with E-state index in [0.717, 1.165) is 5.56 Å². The van der Waals surface area contributed by atoms with Crippen LogP contribution in [0.15, 0.2) is 41.3 Å². The zero-order chi connectivity index (χ0) is 18.6. The second-order valence-electron chi connectivity index (χ2n) is 5.33. The molecule has 2 aromatic rings. The number of aryl methyl sites for hydroxylation is 1. The Morgan fingerprint density at radius 2 is 1.84 bits per heavy atom. The van der Waals surface area contributed by atoms with Gasteiger partial charge < -0.3 is 4.74 Å². The van der Waals surface area contributed by atoms with Gasteiger partial charge in [0, 0.05) is 0 Å². The summed E-state index contributed by atoms with van der Waals surface area (Å²) in [5, 5.41) is 0.508. The van der Waals surface area contributed by atoms with Gasteiger partial charge in [0.25, 0.3) is 0 Å². The molecule has 2 rings (SSSR count). The first kappa shape index (κ1) is 19.7. The lowest BCUT2D eigenvalue weighted by atomic mass is 10.2. The Hall–Kier alpha value is -1.67. The number of carbonyl (C=O) groups excluding carboxylic acids is 1. The molecule has 0 aliphatic carbocycles. The van der Waals surface area contributed by atoms with Crippen molar-refractivity contribution in [3.05, 3.63) is 57.8 Å². The van der Waals surface area contributed by atoms with E-state index in [1.165, 1.54) is 31.2 Å². The van der Waals surface area contributed by atoms with Gasteiger partial charge in [-0.3, -0.25) is 4.79 Å². The Kier molecular flexibility index (Phi) is 6.40. The van der Waals surface area contributed by atoms with Crippen molar-refractivity contribution in [3.8, 4) is 0 Å². The van der Waals surface area contributed by atoms with Crippen molar-refractivity contribution in [2.75, 3.05) is 0 Å². The predicted octanol–water partition coefficient (Wildman–Crippen LogP) is 3.11. The molecule has 0 bridgehead atoms. The molecule has 1 N–H and O–H groups in total. The van der Waals surface area contributed by atoms with E-state index in [-0.39, 0.29) is 22.3 Å². The highest BCUT2D eigenvalue weighted by molar-refractivity contribution is 7.89. The molecule has 1 atom stereocenters. The monoisotopic (exact) mass is 402 g/mol.